The lowest BCUT2D eigenvalue weighted by atomic mass is 10.1. The lowest BCUT2D eigenvalue weighted by molar-refractivity contribution is 0.451. The molecule has 1 heterocycles. The average Bonchev–Trinajstić information content (AvgIpc) is 2.36. The highest BCUT2D eigenvalue weighted by Crippen LogP contribution is 2.28. The fourth-order valence-electron chi connectivity index (χ4n) is 1.72. The molecule has 18 heavy (non-hydrogen) atoms. The van der Waals surface area contributed by atoms with Crippen LogP contribution in [-0.4, -0.2) is 9.97 Å². The standard InChI is InChI=1S/C14H17N3O/c1-4-11-7-5-6-8-12(11)18-14-9(2)13(15)16-10(3)17-14/h5-8H,4H2,1-3H3,(H2,15,16,17). The van der Waals surface area contributed by atoms with E-state index in [1.165, 1.54) is 0 Å². The number of nitrogens with zero attached hydrogens (tertiary/aromatic N) is 2. The number of benzene rings is 1. The lowest BCUT2D eigenvalue weighted by Crippen LogP contribution is -2.03. The van der Waals surface area contributed by atoms with E-state index in [-0.39, 0.29) is 0 Å². The Kier molecular flexibility index (Phi) is 3.46. The van der Waals surface area contributed by atoms with Crippen LogP contribution in [0, 0.1) is 13.8 Å². The molecular weight excluding hydrogens is 226 g/mol. The van der Waals surface area contributed by atoms with Crippen LogP contribution in [0.15, 0.2) is 24.3 Å². The van der Waals surface area contributed by atoms with Gasteiger partial charge in [0.1, 0.15) is 17.4 Å². The third kappa shape index (κ3) is 2.42. The largest absolute Gasteiger partial charge is 0.438 e. The number of hydrogen-bond donors (Lipinski definition) is 1. The third-order valence-corrected chi connectivity index (χ3v) is 2.81. The van der Waals surface area contributed by atoms with E-state index in [2.05, 4.69) is 16.9 Å². The van der Waals surface area contributed by atoms with E-state index in [9.17, 15) is 0 Å². The Morgan fingerprint density at radius 1 is 1.17 bits per heavy atom. The van der Waals surface area contributed by atoms with Crippen molar-refractivity contribution in [2.75, 3.05) is 5.73 Å². The molecule has 0 fully saturated rings. The number of nitrogens with two attached hydrogens (primary N) is 1. The van der Waals surface area contributed by atoms with E-state index in [1.807, 2.05) is 31.2 Å². The quantitative estimate of drug-likeness (QED) is 0.900. The molecule has 0 saturated heterocycles. The number of anilines is 1. The zero-order chi connectivity index (χ0) is 13.1. The maximum atomic E-state index is 5.86. The molecule has 94 valence electrons. The van der Waals surface area contributed by atoms with Gasteiger partial charge in [0.2, 0.25) is 5.88 Å². The predicted octanol–water partition coefficient (Wildman–Crippen LogP) is 3.03. The minimum absolute atomic E-state index is 0.464. The van der Waals surface area contributed by atoms with Crippen molar-refractivity contribution in [3.05, 3.63) is 41.2 Å². The van der Waals surface area contributed by atoms with Crippen molar-refractivity contribution in [2.45, 2.75) is 27.2 Å². The highest BCUT2D eigenvalue weighted by molar-refractivity contribution is 5.46. The van der Waals surface area contributed by atoms with Crippen molar-refractivity contribution >= 4 is 5.82 Å². The summed E-state index contributed by atoms with van der Waals surface area (Å²) in [4.78, 5) is 8.40. The topological polar surface area (TPSA) is 61.0 Å². The molecule has 2 N–H and O–H groups in total. The molecule has 4 heteroatoms. The summed E-state index contributed by atoms with van der Waals surface area (Å²) >= 11 is 0. The van der Waals surface area contributed by atoms with Crippen molar-refractivity contribution in [1.82, 2.24) is 9.97 Å². The van der Waals surface area contributed by atoms with E-state index in [0.29, 0.717) is 17.5 Å². The van der Waals surface area contributed by atoms with Crippen LogP contribution in [0.25, 0.3) is 0 Å². The van der Waals surface area contributed by atoms with Gasteiger partial charge in [0.05, 0.1) is 5.56 Å². The summed E-state index contributed by atoms with van der Waals surface area (Å²) in [5.74, 6) is 2.43. The van der Waals surface area contributed by atoms with Crippen molar-refractivity contribution in [2.24, 2.45) is 0 Å². The van der Waals surface area contributed by atoms with Crippen LogP contribution in [0.1, 0.15) is 23.9 Å². The van der Waals surface area contributed by atoms with E-state index < -0.39 is 0 Å². The first-order valence-corrected chi connectivity index (χ1v) is 5.98. The second kappa shape index (κ2) is 5.04. The van der Waals surface area contributed by atoms with Gasteiger partial charge in [-0.2, -0.15) is 4.98 Å². The first-order chi connectivity index (χ1) is 8.61. The predicted molar refractivity (Wildman–Crippen MR) is 71.8 cm³/mol. The molecule has 0 bridgehead atoms. The van der Waals surface area contributed by atoms with Gasteiger partial charge >= 0.3 is 0 Å². The Bertz CT molecular complexity index is 567. The zero-order valence-electron chi connectivity index (χ0n) is 10.9. The fourth-order valence-corrected chi connectivity index (χ4v) is 1.72. The average molecular weight is 243 g/mol. The summed E-state index contributed by atoms with van der Waals surface area (Å²) < 4.78 is 5.86. The van der Waals surface area contributed by atoms with Gasteiger partial charge in [-0.25, -0.2) is 4.98 Å². The zero-order valence-corrected chi connectivity index (χ0v) is 10.9. The Labute approximate surface area is 107 Å². The van der Waals surface area contributed by atoms with Gasteiger partial charge in [0, 0.05) is 0 Å². The second-order valence-electron chi connectivity index (χ2n) is 4.15. The van der Waals surface area contributed by atoms with Gasteiger partial charge in [-0.3, -0.25) is 0 Å². The number of nitrogen functional groups attached to an aromatic ring is 1. The van der Waals surface area contributed by atoms with E-state index >= 15 is 0 Å². The minimum Gasteiger partial charge on any atom is -0.438 e. The summed E-state index contributed by atoms with van der Waals surface area (Å²) in [6.45, 7) is 5.75. The molecule has 2 rings (SSSR count). The van der Waals surface area contributed by atoms with Crippen LogP contribution >= 0.6 is 0 Å². The van der Waals surface area contributed by atoms with Gasteiger partial charge in [0.15, 0.2) is 0 Å². The lowest BCUT2D eigenvalue weighted by Gasteiger charge is -2.12. The molecule has 0 spiro atoms. The fraction of sp³-hybridized carbons (Fsp3) is 0.286. The molecule has 0 saturated carbocycles. The van der Waals surface area contributed by atoms with Crippen molar-refractivity contribution in [3.63, 3.8) is 0 Å². The molecule has 0 amide bonds. The Hall–Kier alpha value is -2.10. The first kappa shape index (κ1) is 12.4. The van der Waals surface area contributed by atoms with Crippen LogP contribution in [0.5, 0.6) is 11.6 Å². The van der Waals surface area contributed by atoms with Crippen molar-refractivity contribution < 1.29 is 4.74 Å². The second-order valence-corrected chi connectivity index (χ2v) is 4.15. The minimum atomic E-state index is 0.464. The molecule has 0 unspecified atom stereocenters. The highest BCUT2D eigenvalue weighted by atomic mass is 16.5. The van der Waals surface area contributed by atoms with Gasteiger partial charge in [-0.15, -0.1) is 0 Å². The van der Waals surface area contributed by atoms with E-state index in [1.54, 1.807) is 6.92 Å². The maximum Gasteiger partial charge on any atom is 0.227 e. The third-order valence-electron chi connectivity index (χ3n) is 2.81. The van der Waals surface area contributed by atoms with Crippen LogP contribution in [0.4, 0.5) is 5.82 Å². The van der Waals surface area contributed by atoms with Gasteiger partial charge in [-0.1, -0.05) is 25.1 Å². The van der Waals surface area contributed by atoms with Crippen LogP contribution in [-0.2, 0) is 6.42 Å². The number of hydrogen-bond acceptors (Lipinski definition) is 4. The maximum absolute atomic E-state index is 5.86. The Morgan fingerprint density at radius 2 is 1.89 bits per heavy atom. The first-order valence-electron chi connectivity index (χ1n) is 5.98. The number of rotatable bonds is 3. The number of aromatic nitrogens is 2. The molecule has 1 aromatic heterocycles. The number of aryl methyl sites for hydroxylation is 2. The molecular formula is C14H17N3O. The Morgan fingerprint density at radius 3 is 2.61 bits per heavy atom. The van der Waals surface area contributed by atoms with Crippen molar-refractivity contribution in [3.8, 4) is 11.6 Å². The molecule has 1 aromatic carbocycles. The van der Waals surface area contributed by atoms with Gasteiger partial charge in [0.25, 0.3) is 0 Å². The molecule has 0 aliphatic heterocycles. The molecule has 0 atom stereocenters. The molecule has 0 radical (unpaired) electrons. The SMILES string of the molecule is CCc1ccccc1Oc1nc(C)nc(N)c1C. The van der Waals surface area contributed by atoms with Crippen LogP contribution in [0.2, 0.25) is 0 Å². The smallest absolute Gasteiger partial charge is 0.227 e. The molecule has 0 aliphatic carbocycles. The number of para-hydroxylation sites is 1. The highest BCUT2D eigenvalue weighted by Gasteiger charge is 2.10. The Balaban J connectivity index is 2.40. The summed E-state index contributed by atoms with van der Waals surface area (Å²) in [5.41, 5.74) is 7.73. The summed E-state index contributed by atoms with van der Waals surface area (Å²) in [5, 5.41) is 0. The molecule has 2 aromatic rings. The molecule has 4 nitrogen and oxygen atoms in total. The van der Waals surface area contributed by atoms with Crippen LogP contribution in [0.3, 0.4) is 0 Å². The summed E-state index contributed by atoms with van der Waals surface area (Å²) in [7, 11) is 0. The molecule has 0 aliphatic rings. The van der Waals surface area contributed by atoms with E-state index in [4.69, 9.17) is 10.5 Å². The summed E-state index contributed by atoms with van der Waals surface area (Å²) in [6, 6.07) is 7.92. The number of ether oxygens (including phenoxy) is 1. The van der Waals surface area contributed by atoms with Gasteiger partial charge < -0.3 is 10.5 Å². The monoisotopic (exact) mass is 243 g/mol. The normalized spacial score (nSPS) is 10.4. The van der Waals surface area contributed by atoms with E-state index in [0.717, 1.165) is 23.3 Å². The summed E-state index contributed by atoms with van der Waals surface area (Å²) in [6.07, 6.45) is 0.911. The van der Waals surface area contributed by atoms with Crippen molar-refractivity contribution in [1.29, 1.82) is 0 Å². The van der Waals surface area contributed by atoms with Crippen LogP contribution < -0.4 is 10.5 Å². The van der Waals surface area contributed by atoms with Gasteiger partial charge in [-0.05, 0) is 31.9 Å².